The van der Waals surface area contributed by atoms with Gasteiger partial charge in [-0.25, -0.2) is 69.8 Å². The van der Waals surface area contributed by atoms with E-state index in [1.54, 1.807) is 23.5 Å². The lowest BCUT2D eigenvalue weighted by Crippen LogP contribution is -2.30. The fraction of sp³-hybridized carbons (Fsp3) is 0.571. The fourth-order valence-corrected chi connectivity index (χ4v) is 11.9. The summed E-state index contributed by atoms with van der Waals surface area (Å²) in [6, 6.07) is 0. The van der Waals surface area contributed by atoms with Crippen LogP contribution in [0.15, 0.2) is 10.1 Å². The molecule has 9 rings (SSSR count). The molecule has 7 aromatic rings. The van der Waals surface area contributed by atoms with Crippen LogP contribution < -0.4 is 29.4 Å². The highest BCUT2D eigenvalue weighted by molar-refractivity contribution is 8.03. The molecule has 80 heavy (non-hydrogen) atoms. The standard InChI is InChI=1S/C56H80N22S2/c1-19-73(20-2)47-48(74(21-3)22-4)58-32-31(57-47)39-65-40(32)67-42-34-36(62-52(78(29-11)30-12)50(60-34)76(25-7)26-8)44(69-42)71-46-38-37(63-53(79-55(13,14)15)54(64-38)80-56(16,17)18)45(72-46)70-43-35-33(41(66-39)68-43)59-49(75(23-5)24-6)51(61-35)77(27-9)28-10/h19-30H2,1-18H3,(H2,65,66,67,68,69,70,71,72). The maximum Gasteiger partial charge on any atom is 0.184 e. The van der Waals surface area contributed by atoms with Gasteiger partial charge in [0.15, 0.2) is 80.8 Å². The summed E-state index contributed by atoms with van der Waals surface area (Å²) in [4.78, 5) is 96.5. The summed E-state index contributed by atoms with van der Waals surface area (Å²) in [7, 11) is 0. The molecule has 2 N–H and O–H groups in total. The van der Waals surface area contributed by atoms with E-state index < -0.39 is 0 Å². The second-order valence-electron chi connectivity index (χ2n) is 21.3. The van der Waals surface area contributed by atoms with Gasteiger partial charge in [0.05, 0.1) is 0 Å². The number of hydrogen-bond donors (Lipinski definition) is 2. The van der Waals surface area contributed by atoms with Gasteiger partial charge in [0.2, 0.25) is 0 Å². The Kier molecular flexibility index (Phi) is 16.9. The van der Waals surface area contributed by atoms with Gasteiger partial charge in [-0.15, -0.1) is 0 Å². The maximum atomic E-state index is 5.49. The van der Waals surface area contributed by atoms with Gasteiger partial charge in [0.25, 0.3) is 0 Å². The average Bonchev–Trinajstić information content (AvgIpc) is 4.31. The number of nitrogens with one attached hydrogen (secondary N) is 2. The van der Waals surface area contributed by atoms with Crippen LogP contribution in [0.25, 0.3) is 90.7 Å². The van der Waals surface area contributed by atoms with Crippen LogP contribution in [0.1, 0.15) is 125 Å². The van der Waals surface area contributed by atoms with Gasteiger partial charge in [-0.1, -0.05) is 65.1 Å². The Bertz CT molecular complexity index is 3350. The molecule has 2 aliphatic rings. The van der Waals surface area contributed by atoms with E-state index in [-0.39, 0.29) is 9.49 Å². The monoisotopic (exact) mass is 1120 g/mol. The minimum atomic E-state index is -0.199. The number of nitrogens with zero attached hydrogens (tertiary/aromatic N) is 20. The Hall–Kier alpha value is -6.82. The first-order valence-corrected chi connectivity index (χ1v) is 30.3. The number of anilines is 6. The molecule has 22 nitrogen and oxygen atoms in total. The van der Waals surface area contributed by atoms with Gasteiger partial charge >= 0.3 is 0 Å². The summed E-state index contributed by atoms with van der Waals surface area (Å²) in [5, 5.41) is 1.56. The molecular weight excluding hydrogens is 1040 g/mol. The summed E-state index contributed by atoms with van der Waals surface area (Å²) in [5.74, 6) is 5.59. The van der Waals surface area contributed by atoms with E-state index in [0.29, 0.717) is 169 Å². The lowest BCUT2D eigenvalue weighted by molar-refractivity contribution is 0.782. The topological polar surface area (TPSA) is 231 Å². The molecule has 24 heteroatoms. The average molecular weight is 1130 g/mol. The van der Waals surface area contributed by atoms with E-state index in [1.807, 2.05) is 0 Å². The highest BCUT2D eigenvalue weighted by Crippen LogP contribution is 2.44. The van der Waals surface area contributed by atoms with Crippen LogP contribution in [-0.2, 0) is 0 Å². The molecule has 0 radical (unpaired) electrons. The van der Waals surface area contributed by atoms with Crippen molar-refractivity contribution in [2.75, 3.05) is 108 Å². The molecular formula is C56H80N22S2. The molecule has 0 atom stereocenters. The number of rotatable bonds is 20. The molecule has 0 aliphatic carbocycles. The molecule has 0 saturated carbocycles. The van der Waals surface area contributed by atoms with Crippen molar-refractivity contribution in [1.82, 2.24) is 79.7 Å². The molecule has 8 bridgehead atoms. The van der Waals surface area contributed by atoms with Crippen molar-refractivity contribution < 1.29 is 0 Å². The number of aromatic nitrogens is 16. The van der Waals surface area contributed by atoms with E-state index >= 15 is 0 Å². The highest BCUT2D eigenvalue weighted by atomic mass is 32.2. The van der Waals surface area contributed by atoms with Gasteiger partial charge in [0.1, 0.15) is 54.9 Å². The lowest BCUT2D eigenvalue weighted by Gasteiger charge is -2.28. The molecule has 0 spiro atoms. The molecule has 0 amide bonds. The lowest BCUT2D eigenvalue weighted by atomic mass is 10.3. The van der Waals surface area contributed by atoms with Crippen molar-refractivity contribution >= 4 is 103 Å². The van der Waals surface area contributed by atoms with Crippen molar-refractivity contribution in [3.63, 3.8) is 0 Å². The number of aromatic amines is 2. The quantitative estimate of drug-likeness (QED) is 0.0675. The molecule has 0 saturated heterocycles. The first kappa shape index (κ1) is 57.9. The third kappa shape index (κ3) is 10.9. The van der Waals surface area contributed by atoms with Gasteiger partial charge in [-0.05, 0) is 83.1 Å². The summed E-state index contributed by atoms with van der Waals surface area (Å²) in [6.45, 7) is 47.1. The van der Waals surface area contributed by atoms with Crippen molar-refractivity contribution in [2.45, 2.75) is 144 Å². The van der Waals surface area contributed by atoms with Gasteiger partial charge in [-0.2, -0.15) is 0 Å². The summed E-state index contributed by atoms with van der Waals surface area (Å²) in [5.41, 5.74) is 5.44. The van der Waals surface area contributed by atoms with Crippen LogP contribution in [0.2, 0.25) is 0 Å². The Morgan fingerprint density at radius 2 is 0.475 bits per heavy atom. The molecule has 0 fully saturated rings. The zero-order valence-corrected chi connectivity index (χ0v) is 51.9. The number of H-pyrrole nitrogens is 2. The van der Waals surface area contributed by atoms with Crippen LogP contribution in [-0.4, -0.2) is 168 Å². The first-order chi connectivity index (χ1) is 38.3. The van der Waals surface area contributed by atoms with Crippen molar-refractivity contribution in [3.8, 4) is 46.1 Å². The molecule has 0 unspecified atom stereocenters. The van der Waals surface area contributed by atoms with E-state index in [0.717, 1.165) is 45.0 Å². The summed E-state index contributed by atoms with van der Waals surface area (Å²) in [6.07, 6.45) is 0. The minimum absolute atomic E-state index is 0.199. The SMILES string of the molecule is CCN(CC)c1nc2c(nc1N(CC)CC)-c1nc-2nc2[nH]c(nc3nc(nc4[nH]c(n1)c1nc(N(CC)CC)c(N(CC)CC)nc41)-c1nc(N(CC)CC)c(N(CC)CC)nc1-3)c1nc(SC(C)(C)C)c(SC(C)(C)C)nc21. The molecule has 426 valence electrons. The number of fused-ring (bicyclic) bond motifs is 20. The van der Waals surface area contributed by atoms with Gasteiger partial charge < -0.3 is 39.4 Å². The van der Waals surface area contributed by atoms with Crippen LogP contribution in [0.5, 0.6) is 0 Å². The van der Waals surface area contributed by atoms with Crippen LogP contribution in [0.3, 0.4) is 0 Å². The zero-order chi connectivity index (χ0) is 57.5. The largest absolute Gasteiger partial charge is 0.354 e. The van der Waals surface area contributed by atoms with Crippen molar-refractivity contribution in [2.24, 2.45) is 0 Å². The van der Waals surface area contributed by atoms with Gasteiger partial charge in [0, 0.05) is 88.0 Å². The van der Waals surface area contributed by atoms with Crippen LogP contribution in [0, 0.1) is 0 Å². The zero-order valence-electron chi connectivity index (χ0n) is 50.2. The van der Waals surface area contributed by atoms with Crippen LogP contribution in [0.4, 0.5) is 34.9 Å². The third-order valence-electron chi connectivity index (χ3n) is 14.1. The maximum absolute atomic E-state index is 5.49. The second kappa shape index (κ2) is 23.3. The Morgan fingerprint density at radius 3 is 0.675 bits per heavy atom. The van der Waals surface area contributed by atoms with E-state index in [1.165, 1.54) is 0 Å². The number of thioether (sulfide) groups is 2. The van der Waals surface area contributed by atoms with Gasteiger partial charge in [-0.3, -0.25) is 0 Å². The summed E-state index contributed by atoms with van der Waals surface area (Å²) >= 11 is 3.32. The van der Waals surface area contributed by atoms with E-state index in [2.05, 4.69) is 164 Å². The van der Waals surface area contributed by atoms with Crippen molar-refractivity contribution in [3.05, 3.63) is 0 Å². The molecule has 9 heterocycles. The Morgan fingerprint density at radius 1 is 0.275 bits per heavy atom. The Labute approximate surface area is 478 Å². The fourth-order valence-electron chi connectivity index (χ4n) is 10.00. The first-order valence-electron chi connectivity index (χ1n) is 28.7. The molecule has 0 aromatic carbocycles. The van der Waals surface area contributed by atoms with Crippen LogP contribution >= 0.6 is 23.5 Å². The summed E-state index contributed by atoms with van der Waals surface area (Å²) < 4.78 is -0.397. The smallest absolute Gasteiger partial charge is 0.184 e. The minimum Gasteiger partial charge on any atom is -0.354 e. The highest BCUT2D eigenvalue weighted by Gasteiger charge is 2.33. The second-order valence-corrected chi connectivity index (χ2v) is 24.9. The van der Waals surface area contributed by atoms with E-state index in [9.17, 15) is 0 Å². The van der Waals surface area contributed by atoms with Crippen molar-refractivity contribution in [1.29, 1.82) is 0 Å². The molecule has 2 aliphatic heterocycles. The number of hydrogen-bond acceptors (Lipinski definition) is 22. The predicted molar refractivity (Wildman–Crippen MR) is 331 cm³/mol. The van der Waals surface area contributed by atoms with E-state index in [4.69, 9.17) is 69.8 Å². The third-order valence-corrected chi connectivity index (χ3v) is 16.4. The normalized spacial score (nSPS) is 12.3. The predicted octanol–water partition coefficient (Wildman–Crippen LogP) is 10.9. The Balaban J connectivity index is 1.54. The molecule has 7 aromatic heterocycles.